The Morgan fingerprint density at radius 3 is 1.96 bits per heavy atom. The topological polar surface area (TPSA) is 36.9 Å². The van der Waals surface area contributed by atoms with Crippen molar-refractivity contribution in [2.45, 2.75) is 207 Å². The molecular formula is C45H80O4Si3. The van der Waals surface area contributed by atoms with Crippen molar-refractivity contribution in [1.82, 2.24) is 0 Å². The zero-order valence-electron chi connectivity index (χ0n) is 37.2. The van der Waals surface area contributed by atoms with Gasteiger partial charge in [-0.05, 0) is 111 Å². The fourth-order valence-corrected chi connectivity index (χ4v) is 15.6. The highest BCUT2D eigenvalue weighted by molar-refractivity contribution is 6.74. The van der Waals surface area contributed by atoms with E-state index in [9.17, 15) is 0 Å². The molecule has 0 aromatic rings. The Balaban J connectivity index is 1.81. The molecule has 296 valence electrons. The summed E-state index contributed by atoms with van der Waals surface area (Å²) in [6.45, 7) is 42.6. The Bertz CT molecular complexity index is 1450. The standard InChI is InChI=1S/C45H80O4Si3/c1-19-34-25-27-37-36-26-24-35-32-45(49-51(17,18)41(8,9)10,46-31-23-29-42(11,12)48-52(20-2,21-3)22-4)33-39(47-50(15,16)40(5,6)7)44(35,14)38(36)28-30-43(34,37)13/h24-26,37-39H,19-22,27-28,30-33H2,1-18H3/t37-,38+,39-,43+,44-,45+/m0/s1. The Morgan fingerprint density at radius 2 is 1.42 bits per heavy atom. The number of hydrogen-bond acceptors (Lipinski definition) is 4. The van der Waals surface area contributed by atoms with Crippen molar-refractivity contribution in [1.29, 1.82) is 0 Å². The van der Waals surface area contributed by atoms with E-state index in [1.807, 2.05) is 0 Å². The lowest BCUT2D eigenvalue weighted by Gasteiger charge is -2.61. The van der Waals surface area contributed by atoms with Gasteiger partial charge in [0.05, 0.1) is 6.10 Å². The van der Waals surface area contributed by atoms with E-state index in [4.69, 9.17) is 18.0 Å². The first-order valence-electron chi connectivity index (χ1n) is 21.0. The minimum absolute atomic E-state index is 0.0192. The van der Waals surface area contributed by atoms with E-state index in [1.54, 1.807) is 11.1 Å². The molecule has 6 atom stereocenters. The maximum Gasteiger partial charge on any atom is 0.195 e. The van der Waals surface area contributed by atoms with Crippen molar-refractivity contribution in [3.8, 4) is 11.8 Å². The van der Waals surface area contributed by atoms with Crippen LogP contribution in [-0.4, -0.2) is 49.1 Å². The molecule has 0 N–H and O–H groups in total. The summed E-state index contributed by atoms with van der Waals surface area (Å²) in [6.07, 6.45) is 13.9. The first kappa shape index (κ1) is 44.0. The molecule has 0 bridgehead atoms. The highest BCUT2D eigenvalue weighted by atomic mass is 28.4. The Kier molecular flexibility index (Phi) is 12.7. The van der Waals surface area contributed by atoms with E-state index in [-0.39, 0.29) is 27.0 Å². The van der Waals surface area contributed by atoms with Crippen molar-refractivity contribution in [2.24, 2.45) is 22.7 Å². The van der Waals surface area contributed by atoms with Crippen LogP contribution in [0.15, 0.2) is 34.9 Å². The quantitative estimate of drug-likeness (QED) is 0.0857. The van der Waals surface area contributed by atoms with E-state index in [1.165, 1.54) is 24.8 Å². The molecule has 0 saturated heterocycles. The van der Waals surface area contributed by atoms with Gasteiger partial charge >= 0.3 is 0 Å². The summed E-state index contributed by atoms with van der Waals surface area (Å²) in [5.41, 5.74) is 4.44. The van der Waals surface area contributed by atoms with E-state index in [2.05, 4.69) is 153 Å². The van der Waals surface area contributed by atoms with Gasteiger partial charge in [-0.15, -0.1) is 0 Å². The van der Waals surface area contributed by atoms with Gasteiger partial charge in [0.1, 0.15) is 12.2 Å². The van der Waals surface area contributed by atoms with Crippen molar-refractivity contribution in [3.05, 3.63) is 34.9 Å². The summed E-state index contributed by atoms with van der Waals surface area (Å²) in [5, 5.41) is 0.119. The Hall–Kier alpha value is -0.729. The van der Waals surface area contributed by atoms with E-state index in [0.717, 1.165) is 37.4 Å². The number of allylic oxidation sites excluding steroid dienone is 5. The van der Waals surface area contributed by atoms with Gasteiger partial charge < -0.3 is 18.0 Å². The number of rotatable bonds is 12. The number of ether oxygens (including phenoxy) is 1. The second-order valence-electron chi connectivity index (χ2n) is 21.0. The summed E-state index contributed by atoms with van der Waals surface area (Å²) in [5.74, 6) is 7.22. The predicted octanol–water partition coefficient (Wildman–Crippen LogP) is 13.4. The molecule has 0 unspecified atom stereocenters. The summed E-state index contributed by atoms with van der Waals surface area (Å²) in [7, 11) is -6.27. The summed E-state index contributed by atoms with van der Waals surface area (Å²) < 4.78 is 29.3. The van der Waals surface area contributed by atoms with Crippen LogP contribution in [0.2, 0.25) is 54.4 Å². The van der Waals surface area contributed by atoms with Crippen LogP contribution in [0, 0.1) is 34.5 Å². The van der Waals surface area contributed by atoms with Crippen molar-refractivity contribution in [2.75, 3.05) is 6.61 Å². The molecule has 4 rings (SSSR count). The highest BCUT2D eigenvalue weighted by Gasteiger charge is 2.62. The van der Waals surface area contributed by atoms with Crippen LogP contribution in [0.3, 0.4) is 0 Å². The third kappa shape index (κ3) is 8.21. The van der Waals surface area contributed by atoms with Crippen LogP contribution in [0.5, 0.6) is 0 Å². The van der Waals surface area contributed by atoms with Crippen molar-refractivity contribution in [3.63, 3.8) is 0 Å². The molecule has 4 aliphatic rings. The van der Waals surface area contributed by atoms with Gasteiger partial charge in [0.25, 0.3) is 0 Å². The molecule has 4 nitrogen and oxygen atoms in total. The summed E-state index contributed by atoms with van der Waals surface area (Å²) >= 11 is 0. The summed E-state index contributed by atoms with van der Waals surface area (Å²) in [6, 6.07) is 3.34. The Morgan fingerprint density at radius 1 is 0.827 bits per heavy atom. The normalized spacial score (nSPS) is 31.4. The van der Waals surface area contributed by atoms with Gasteiger partial charge in [-0.3, -0.25) is 0 Å². The average Bonchev–Trinajstić information content (AvgIpc) is 3.37. The van der Waals surface area contributed by atoms with Crippen molar-refractivity contribution < 1.29 is 18.0 Å². The lowest BCUT2D eigenvalue weighted by molar-refractivity contribution is -0.224. The molecule has 0 heterocycles. The molecule has 7 heteroatoms. The molecule has 0 aromatic carbocycles. The largest absolute Gasteiger partial charge is 0.413 e. The van der Waals surface area contributed by atoms with E-state index in [0.29, 0.717) is 18.4 Å². The summed E-state index contributed by atoms with van der Waals surface area (Å²) in [4.78, 5) is 0. The van der Waals surface area contributed by atoms with Gasteiger partial charge in [-0.2, -0.15) is 0 Å². The molecule has 2 saturated carbocycles. The van der Waals surface area contributed by atoms with E-state index >= 15 is 0 Å². The maximum absolute atomic E-state index is 7.71. The fourth-order valence-electron chi connectivity index (χ4n) is 9.72. The minimum Gasteiger partial charge on any atom is -0.413 e. The predicted molar refractivity (Wildman–Crippen MR) is 230 cm³/mol. The van der Waals surface area contributed by atoms with Crippen LogP contribution >= 0.6 is 0 Å². The molecular weight excluding hydrogens is 689 g/mol. The second-order valence-corrected chi connectivity index (χ2v) is 35.2. The molecule has 0 amide bonds. The van der Waals surface area contributed by atoms with Gasteiger partial charge in [-0.25, -0.2) is 0 Å². The van der Waals surface area contributed by atoms with Crippen LogP contribution in [0.1, 0.15) is 135 Å². The minimum atomic E-state index is -2.27. The molecule has 0 aliphatic heterocycles. The lowest BCUT2D eigenvalue weighted by Crippen LogP contribution is -2.62. The van der Waals surface area contributed by atoms with Gasteiger partial charge in [-0.1, -0.05) is 130 Å². The number of fused-ring (bicyclic) bond motifs is 5. The fraction of sp³-hybridized carbons (Fsp3) is 0.822. The van der Waals surface area contributed by atoms with Crippen LogP contribution in [0.4, 0.5) is 0 Å². The van der Waals surface area contributed by atoms with Crippen LogP contribution in [0.25, 0.3) is 0 Å². The SMILES string of the molecule is CCC1=CC[C@H]2C3=CC=C4C[C@@](OCC#CC(C)(C)O[Si](CC)(CC)CC)(O[Si](C)(C)C(C)(C)C)C[C@H](O[Si](C)(C)C(C)(C)C)[C@]4(C)[C@@H]3CC[C@]12C. The lowest BCUT2D eigenvalue weighted by atomic mass is 9.49. The zero-order chi connectivity index (χ0) is 39.4. The average molecular weight is 769 g/mol. The maximum atomic E-state index is 7.71. The smallest absolute Gasteiger partial charge is 0.195 e. The molecule has 0 spiro atoms. The van der Waals surface area contributed by atoms with Crippen LogP contribution < -0.4 is 0 Å². The van der Waals surface area contributed by atoms with E-state index < -0.39 is 36.3 Å². The molecule has 0 aromatic heterocycles. The van der Waals surface area contributed by atoms with Crippen molar-refractivity contribution >= 4 is 25.0 Å². The highest BCUT2D eigenvalue weighted by Crippen LogP contribution is 2.66. The monoisotopic (exact) mass is 769 g/mol. The third-order valence-electron chi connectivity index (χ3n) is 15.5. The number of hydrogen-bond donors (Lipinski definition) is 0. The zero-order valence-corrected chi connectivity index (χ0v) is 40.2. The van der Waals surface area contributed by atoms with Gasteiger partial charge in [0.15, 0.2) is 30.7 Å². The van der Waals surface area contributed by atoms with Gasteiger partial charge in [0.2, 0.25) is 0 Å². The molecule has 2 fully saturated rings. The molecule has 0 radical (unpaired) electrons. The third-order valence-corrected chi connectivity index (χ3v) is 29.2. The second kappa shape index (κ2) is 15.0. The Labute approximate surface area is 325 Å². The molecule has 4 aliphatic carbocycles. The van der Waals surface area contributed by atoms with Gasteiger partial charge in [0, 0.05) is 18.3 Å². The molecule has 52 heavy (non-hydrogen) atoms. The first-order valence-corrected chi connectivity index (χ1v) is 29.4. The first-order chi connectivity index (χ1) is 23.7. The van der Waals surface area contributed by atoms with Crippen LogP contribution in [-0.2, 0) is 18.0 Å².